The Balaban J connectivity index is 1.79. The number of hydrogen-bond donors (Lipinski definition) is 1. The molecule has 8 nitrogen and oxygen atoms in total. The third-order valence-corrected chi connectivity index (χ3v) is 4.31. The Morgan fingerprint density at radius 2 is 2.20 bits per heavy atom. The molecule has 25 heavy (non-hydrogen) atoms. The van der Waals surface area contributed by atoms with Crippen molar-refractivity contribution in [2.75, 3.05) is 25.6 Å². The molecule has 0 saturated carbocycles. The molecule has 1 atom stereocenters. The Labute approximate surface area is 144 Å². The van der Waals surface area contributed by atoms with Crippen molar-refractivity contribution in [3.05, 3.63) is 30.3 Å². The van der Waals surface area contributed by atoms with Crippen LogP contribution in [0.2, 0.25) is 0 Å². The highest BCUT2D eigenvalue weighted by Crippen LogP contribution is 2.28. The third-order valence-electron chi connectivity index (χ3n) is 4.31. The number of aromatic nitrogens is 1. The highest BCUT2D eigenvalue weighted by molar-refractivity contribution is 5.98. The van der Waals surface area contributed by atoms with Gasteiger partial charge in [-0.15, -0.1) is 0 Å². The van der Waals surface area contributed by atoms with Gasteiger partial charge in [-0.1, -0.05) is 17.3 Å². The maximum Gasteiger partial charge on any atom is 0.407 e. The topological polar surface area (TPSA) is 96.1 Å². The number of methoxy groups -OCH3 is 1. The van der Waals surface area contributed by atoms with Gasteiger partial charge in [0.25, 0.3) is 5.91 Å². The first-order chi connectivity index (χ1) is 12.0. The van der Waals surface area contributed by atoms with E-state index in [1.807, 2.05) is 18.2 Å². The van der Waals surface area contributed by atoms with Gasteiger partial charge in [-0.25, -0.2) is 4.79 Å². The lowest BCUT2D eigenvalue weighted by atomic mass is 10.1. The zero-order chi connectivity index (χ0) is 18.0. The molecule has 2 aromatic rings. The predicted octanol–water partition coefficient (Wildman–Crippen LogP) is 2.46. The first kappa shape index (κ1) is 16.8. The quantitative estimate of drug-likeness (QED) is 0.914. The zero-order valence-corrected chi connectivity index (χ0v) is 14.0. The number of amides is 2. The molecular weight excluding hydrogens is 326 g/mol. The number of likely N-dealkylation sites (tertiary alicyclic amines) is 1. The highest BCUT2D eigenvalue weighted by atomic mass is 16.5. The number of carbonyl (C=O) groups excluding carboxylic acids is 1. The summed E-state index contributed by atoms with van der Waals surface area (Å²) in [6.07, 6.45) is 0.0991. The van der Waals surface area contributed by atoms with Crippen molar-refractivity contribution in [2.24, 2.45) is 0 Å². The van der Waals surface area contributed by atoms with Crippen LogP contribution in [0, 0.1) is 0 Å². The maximum atomic E-state index is 12.6. The van der Waals surface area contributed by atoms with Crippen molar-refractivity contribution >= 4 is 17.8 Å². The molecule has 0 radical (unpaired) electrons. The van der Waals surface area contributed by atoms with E-state index in [-0.39, 0.29) is 5.91 Å². The zero-order valence-electron chi connectivity index (χ0n) is 14.0. The lowest BCUT2D eigenvalue weighted by Crippen LogP contribution is -2.46. The van der Waals surface area contributed by atoms with Gasteiger partial charge >= 0.3 is 6.09 Å². The van der Waals surface area contributed by atoms with Crippen LogP contribution in [0.5, 0.6) is 5.75 Å². The Morgan fingerprint density at radius 1 is 1.40 bits per heavy atom. The molecule has 2 amide bonds. The van der Waals surface area contributed by atoms with Gasteiger partial charge < -0.3 is 14.4 Å². The van der Waals surface area contributed by atoms with Crippen LogP contribution < -0.4 is 9.64 Å². The molecule has 0 aliphatic carbocycles. The Kier molecular flexibility index (Phi) is 4.60. The molecule has 3 rings (SSSR count). The highest BCUT2D eigenvalue weighted by Gasteiger charge is 2.36. The summed E-state index contributed by atoms with van der Waals surface area (Å²) < 4.78 is 10.5. The van der Waals surface area contributed by atoms with Crippen molar-refractivity contribution in [2.45, 2.75) is 18.9 Å². The first-order valence-electron chi connectivity index (χ1n) is 7.89. The van der Waals surface area contributed by atoms with E-state index in [4.69, 9.17) is 9.26 Å². The smallest absolute Gasteiger partial charge is 0.407 e. The fraction of sp³-hybridized carbons (Fsp3) is 0.353. The van der Waals surface area contributed by atoms with Crippen LogP contribution in [0.3, 0.4) is 0 Å². The molecule has 1 aromatic carbocycles. The molecule has 132 valence electrons. The Hall–Kier alpha value is -3.03. The van der Waals surface area contributed by atoms with Crippen LogP contribution in [0.1, 0.15) is 12.8 Å². The van der Waals surface area contributed by atoms with Gasteiger partial charge in [-0.3, -0.25) is 14.6 Å². The van der Waals surface area contributed by atoms with Gasteiger partial charge in [0.2, 0.25) is 0 Å². The second-order valence-electron chi connectivity index (χ2n) is 5.81. The van der Waals surface area contributed by atoms with Gasteiger partial charge in [-0.05, 0) is 25.0 Å². The predicted molar refractivity (Wildman–Crippen MR) is 89.7 cm³/mol. The number of hydrogen-bond acceptors (Lipinski definition) is 5. The van der Waals surface area contributed by atoms with E-state index in [0.717, 1.165) is 5.56 Å². The number of benzene rings is 1. The van der Waals surface area contributed by atoms with E-state index in [2.05, 4.69) is 5.16 Å². The number of nitrogens with zero attached hydrogens (tertiary/aromatic N) is 3. The molecule has 1 N–H and O–H groups in total. The van der Waals surface area contributed by atoms with E-state index in [1.165, 1.54) is 9.80 Å². The Morgan fingerprint density at radius 3 is 2.92 bits per heavy atom. The lowest BCUT2D eigenvalue weighted by molar-refractivity contribution is -0.122. The summed E-state index contributed by atoms with van der Waals surface area (Å²) in [6, 6.07) is 8.25. The van der Waals surface area contributed by atoms with Crippen LogP contribution in [0.4, 0.5) is 10.6 Å². The molecule has 1 aliphatic rings. The molecule has 1 saturated heterocycles. The Bertz CT molecular complexity index is 788. The maximum absolute atomic E-state index is 12.6. The number of carbonyl (C=O) groups is 2. The summed E-state index contributed by atoms with van der Waals surface area (Å²) in [4.78, 5) is 26.4. The molecule has 1 unspecified atom stereocenters. The third kappa shape index (κ3) is 3.28. The van der Waals surface area contributed by atoms with Crippen molar-refractivity contribution in [1.29, 1.82) is 0 Å². The first-order valence-corrected chi connectivity index (χ1v) is 7.89. The molecule has 0 spiro atoms. The molecule has 1 aliphatic heterocycles. The number of rotatable bonds is 4. The summed E-state index contributed by atoms with van der Waals surface area (Å²) in [5, 5.41) is 13.1. The van der Waals surface area contributed by atoms with Gasteiger partial charge in [-0.2, -0.15) is 0 Å². The van der Waals surface area contributed by atoms with Crippen LogP contribution >= 0.6 is 0 Å². The molecule has 2 heterocycles. The van der Waals surface area contributed by atoms with Crippen LogP contribution in [-0.4, -0.2) is 53.9 Å². The van der Waals surface area contributed by atoms with Gasteiger partial charge in [0.15, 0.2) is 11.6 Å². The van der Waals surface area contributed by atoms with Crippen LogP contribution in [0.25, 0.3) is 11.3 Å². The van der Waals surface area contributed by atoms with Crippen molar-refractivity contribution < 1.29 is 24.0 Å². The molecule has 1 aromatic heterocycles. The molecule has 8 heteroatoms. The number of carboxylic acid groups (broad SMARTS) is 1. The second kappa shape index (κ2) is 6.84. The van der Waals surface area contributed by atoms with E-state index in [0.29, 0.717) is 36.7 Å². The summed E-state index contributed by atoms with van der Waals surface area (Å²) in [7, 11) is 3.14. The molecule has 0 bridgehead atoms. The average Bonchev–Trinajstić information content (AvgIpc) is 3.30. The van der Waals surface area contributed by atoms with Gasteiger partial charge in [0, 0.05) is 25.2 Å². The summed E-state index contributed by atoms with van der Waals surface area (Å²) in [6.45, 7) is 0.369. The van der Waals surface area contributed by atoms with Gasteiger partial charge in [0.1, 0.15) is 11.8 Å². The second-order valence-corrected chi connectivity index (χ2v) is 5.81. The minimum Gasteiger partial charge on any atom is -0.497 e. The number of likely N-dealkylation sites (N-methyl/N-ethyl adjacent to an activating group) is 1. The minimum absolute atomic E-state index is 0.314. The van der Waals surface area contributed by atoms with Crippen molar-refractivity contribution in [3.63, 3.8) is 0 Å². The van der Waals surface area contributed by atoms with E-state index < -0.39 is 12.1 Å². The van der Waals surface area contributed by atoms with Crippen molar-refractivity contribution in [3.8, 4) is 17.1 Å². The minimum atomic E-state index is -1.08. The van der Waals surface area contributed by atoms with Gasteiger partial charge in [0.05, 0.1) is 7.11 Å². The van der Waals surface area contributed by atoms with Crippen LogP contribution in [0.15, 0.2) is 34.9 Å². The number of ether oxygens (including phenoxy) is 1. The van der Waals surface area contributed by atoms with Crippen LogP contribution in [-0.2, 0) is 4.79 Å². The largest absolute Gasteiger partial charge is 0.497 e. The standard InChI is InChI=1S/C17H19N3O5/c1-19(16(21)13-7-4-8-20(13)17(22)23)15-10-14(25-18-15)11-5-3-6-12(9-11)24-2/h3,5-6,9-10,13H,4,7-8H2,1-2H3,(H,22,23). The number of anilines is 1. The summed E-state index contributed by atoms with van der Waals surface area (Å²) in [5.74, 6) is 1.20. The fourth-order valence-electron chi connectivity index (χ4n) is 2.93. The fourth-order valence-corrected chi connectivity index (χ4v) is 2.93. The summed E-state index contributed by atoms with van der Waals surface area (Å²) in [5.41, 5.74) is 0.770. The normalized spacial score (nSPS) is 16.7. The van der Waals surface area contributed by atoms with E-state index >= 15 is 0 Å². The van der Waals surface area contributed by atoms with E-state index in [9.17, 15) is 14.7 Å². The monoisotopic (exact) mass is 345 g/mol. The van der Waals surface area contributed by atoms with E-state index in [1.54, 1.807) is 26.3 Å². The average molecular weight is 345 g/mol. The summed E-state index contributed by atoms with van der Waals surface area (Å²) >= 11 is 0. The van der Waals surface area contributed by atoms with Crippen molar-refractivity contribution in [1.82, 2.24) is 10.1 Å². The molecule has 1 fully saturated rings. The molecular formula is C17H19N3O5. The lowest BCUT2D eigenvalue weighted by Gasteiger charge is -2.24. The SMILES string of the molecule is COc1cccc(-c2cc(N(C)C(=O)C3CCCN3C(=O)O)no2)c1.